The maximum Gasteiger partial charge on any atom is 0.129 e. The van der Waals surface area contributed by atoms with Crippen molar-refractivity contribution in [3.8, 4) is 0 Å². The SMILES string of the molecule is N[C@@H](c1cn[nH]n1)c1ccc(Cl)cc1F. The Balaban J connectivity index is 2.38. The van der Waals surface area contributed by atoms with Gasteiger partial charge in [-0.2, -0.15) is 15.4 Å². The second-order valence-electron chi connectivity index (χ2n) is 3.04. The molecule has 15 heavy (non-hydrogen) atoms. The van der Waals surface area contributed by atoms with Crippen LogP contribution in [-0.4, -0.2) is 15.4 Å². The van der Waals surface area contributed by atoms with Crippen LogP contribution in [-0.2, 0) is 0 Å². The van der Waals surface area contributed by atoms with E-state index in [-0.39, 0.29) is 0 Å². The monoisotopic (exact) mass is 226 g/mol. The molecule has 0 aliphatic rings. The molecule has 0 fully saturated rings. The number of aromatic amines is 1. The number of rotatable bonds is 2. The van der Waals surface area contributed by atoms with E-state index in [1.165, 1.54) is 18.3 Å². The lowest BCUT2D eigenvalue weighted by molar-refractivity contribution is 0.597. The van der Waals surface area contributed by atoms with Crippen LogP contribution in [0.5, 0.6) is 0 Å². The summed E-state index contributed by atoms with van der Waals surface area (Å²) in [6.45, 7) is 0. The lowest BCUT2D eigenvalue weighted by Gasteiger charge is -2.09. The highest BCUT2D eigenvalue weighted by Crippen LogP contribution is 2.22. The lowest BCUT2D eigenvalue weighted by atomic mass is 10.1. The van der Waals surface area contributed by atoms with E-state index < -0.39 is 11.9 Å². The Hall–Kier alpha value is -1.46. The first-order valence-corrected chi connectivity index (χ1v) is 4.62. The van der Waals surface area contributed by atoms with Gasteiger partial charge in [0.25, 0.3) is 0 Å². The first-order valence-electron chi connectivity index (χ1n) is 4.24. The topological polar surface area (TPSA) is 67.6 Å². The first kappa shape index (κ1) is 10.1. The van der Waals surface area contributed by atoms with Crippen LogP contribution in [0, 0.1) is 5.82 Å². The predicted octanol–water partition coefficient (Wildman–Crippen LogP) is 1.65. The molecule has 1 aromatic heterocycles. The third kappa shape index (κ3) is 1.98. The number of benzene rings is 1. The highest BCUT2D eigenvalue weighted by atomic mass is 35.5. The minimum atomic E-state index is -0.638. The molecule has 1 atom stereocenters. The summed E-state index contributed by atoms with van der Waals surface area (Å²) in [6, 6.07) is 3.70. The molecule has 4 nitrogen and oxygen atoms in total. The molecule has 0 radical (unpaired) electrons. The van der Waals surface area contributed by atoms with Gasteiger partial charge in [-0.25, -0.2) is 4.39 Å². The van der Waals surface area contributed by atoms with Gasteiger partial charge in [0.2, 0.25) is 0 Å². The Labute approximate surface area is 90.2 Å². The molecule has 1 aromatic carbocycles. The second kappa shape index (κ2) is 3.96. The highest BCUT2D eigenvalue weighted by molar-refractivity contribution is 6.30. The van der Waals surface area contributed by atoms with Gasteiger partial charge in [-0.3, -0.25) is 0 Å². The zero-order valence-electron chi connectivity index (χ0n) is 7.61. The van der Waals surface area contributed by atoms with E-state index in [9.17, 15) is 4.39 Å². The van der Waals surface area contributed by atoms with Gasteiger partial charge < -0.3 is 5.73 Å². The molecule has 0 saturated carbocycles. The maximum absolute atomic E-state index is 13.5. The van der Waals surface area contributed by atoms with E-state index >= 15 is 0 Å². The number of halogens is 2. The van der Waals surface area contributed by atoms with E-state index in [2.05, 4.69) is 15.4 Å². The van der Waals surface area contributed by atoms with Crippen molar-refractivity contribution >= 4 is 11.6 Å². The molecule has 1 heterocycles. The summed E-state index contributed by atoms with van der Waals surface area (Å²) in [6.07, 6.45) is 1.46. The van der Waals surface area contributed by atoms with Crippen LogP contribution in [0.2, 0.25) is 5.02 Å². The fourth-order valence-corrected chi connectivity index (χ4v) is 1.43. The Morgan fingerprint density at radius 1 is 1.47 bits per heavy atom. The molecule has 0 aliphatic heterocycles. The third-order valence-corrected chi connectivity index (χ3v) is 2.28. The summed E-state index contributed by atoms with van der Waals surface area (Å²) in [5, 5.41) is 10.2. The minimum absolute atomic E-state index is 0.337. The minimum Gasteiger partial charge on any atom is -0.319 e. The molecule has 78 valence electrons. The smallest absolute Gasteiger partial charge is 0.129 e. The largest absolute Gasteiger partial charge is 0.319 e. The van der Waals surface area contributed by atoms with Gasteiger partial charge >= 0.3 is 0 Å². The zero-order chi connectivity index (χ0) is 10.8. The summed E-state index contributed by atoms with van der Waals surface area (Å²) in [4.78, 5) is 0. The molecule has 0 spiro atoms. The average Bonchev–Trinajstić information content (AvgIpc) is 2.69. The summed E-state index contributed by atoms with van der Waals surface area (Å²) < 4.78 is 13.5. The number of H-pyrrole nitrogens is 1. The number of aromatic nitrogens is 3. The van der Waals surface area contributed by atoms with Gasteiger partial charge in [-0.15, -0.1) is 0 Å². The molecule has 0 unspecified atom stereocenters. The molecule has 0 aliphatic carbocycles. The first-order chi connectivity index (χ1) is 7.18. The Kier molecular flexibility index (Phi) is 2.66. The molecule has 2 aromatic rings. The van der Waals surface area contributed by atoms with Gasteiger partial charge in [-0.05, 0) is 12.1 Å². The van der Waals surface area contributed by atoms with Crippen LogP contribution >= 0.6 is 11.6 Å². The molecule has 0 amide bonds. The van der Waals surface area contributed by atoms with Gasteiger partial charge in [0.05, 0.1) is 12.2 Å². The van der Waals surface area contributed by atoms with Gasteiger partial charge in [-0.1, -0.05) is 17.7 Å². The Bertz CT molecular complexity index is 457. The van der Waals surface area contributed by atoms with Crippen molar-refractivity contribution in [1.82, 2.24) is 15.4 Å². The third-order valence-electron chi connectivity index (χ3n) is 2.05. The van der Waals surface area contributed by atoms with E-state index in [1.54, 1.807) is 6.07 Å². The second-order valence-corrected chi connectivity index (χ2v) is 3.47. The zero-order valence-corrected chi connectivity index (χ0v) is 8.37. The number of nitrogens with one attached hydrogen (secondary N) is 1. The molecule has 3 N–H and O–H groups in total. The van der Waals surface area contributed by atoms with Crippen LogP contribution in [0.1, 0.15) is 17.3 Å². The summed E-state index contributed by atoms with van der Waals surface area (Å²) in [5.74, 6) is -0.446. The molecular weight excluding hydrogens is 219 g/mol. The fraction of sp³-hybridized carbons (Fsp3) is 0.111. The summed E-state index contributed by atoms with van der Waals surface area (Å²) in [5.41, 5.74) is 6.63. The summed E-state index contributed by atoms with van der Waals surface area (Å²) in [7, 11) is 0. The van der Waals surface area contributed by atoms with Crippen molar-refractivity contribution < 1.29 is 4.39 Å². The Morgan fingerprint density at radius 3 is 2.87 bits per heavy atom. The van der Waals surface area contributed by atoms with Crippen molar-refractivity contribution in [2.45, 2.75) is 6.04 Å². The average molecular weight is 227 g/mol. The van der Waals surface area contributed by atoms with Crippen molar-refractivity contribution in [2.75, 3.05) is 0 Å². The predicted molar refractivity (Wildman–Crippen MR) is 53.8 cm³/mol. The maximum atomic E-state index is 13.5. The van der Waals surface area contributed by atoms with Crippen molar-refractivity contribution in [1.29, 1.82) is 0 Å². The van der Waals surface area contributed by atoms with Gasteiger partial charge in [0, 0.05) is 10.6 Å². The normalized spacial score (nSPS) is 12.7. The quantitative estimate of drug-likeness (QED) is 0.818. The van der Waals surface area contributed by atoms with Gasteiger partial charge in [0.15, 0.2) is 0 Å². The van der Waals surface area contributed by atoms with E-state index in [0.29, 0.717) is 16.3 Å². The summed E-state index contributed by atoms with van der Waals surface area (Å²) >= 11 is 5.63. The molecule has 6 heteroatoms. The van der Waals surface area contributed by atoms with Crippen molar-refractivity contribution in [2.24, 2.45) is 5.73 Å². The molecular formula is C9H8ClFN4. The van der Waals surface area contributed by atoms with E-state index in [4.69, 9.17) is 17.3 Å². The van der Waals surface area contributed by atoms with Crippen LogP contribution in [0.4, 0.5) is 4.39 Å². The number of hydrogen-bond donors (Lipinski definition) is 2. The van der Waals surface area contributed by atoms with Crippen molar-refractivity contribution in [3.63, 3.8) is 0 Å². The standard InChI is InChI=1S/C9H8ClFN4/c10-5-1-2-6(7(11)3-5)9(12)8-4-13-15-14-8/h1-4,9H,12H2,(H,13,14,15)/t9-/m1/s1. The number of hydrogen-bond acceptors (Lipinski definition) is 3. The highest BCUT2D eigenvalue weighted by Gasteiger charge is 2.15. The fourth-order valence-electron chi connectivity index (χ4n) is 1.27. The van der Waals surface area contributed by atoms with Crippen LogP contribution in [0.3, 0.4) is 0 Å². The molecule has 0 bridgehead atoms. The van der Waals surface area contributed by atoms with E-state index in [1.807, 2.05) is 0 Å². The van der Waals surface area contributed by atoms with Crippen LogP contribution < -0.4 is 5.73 Å². The van der Waals surface area contributed by atoms with Crippen LogP contribution in [0.15, 0.2) is 24.4 Å². The van der Waals surface area contributed by atoms with Gasteiger partial charge in [0.1, 0.15) is 11.5 Å². The number of nitrogens with two attached hydrogens (primary N) is 1. The van der Waals surface area contributed by atoms with Crippen molar-refractivity contribution in [3.05, 3.63) is 46.5 Å². The molecule has 2 rings (SSSR count). The number of nitrogens with zero attached hydrogens (tertiary/aromatic N) is 2. The Morgan fingerprint density at radius 2 is 2.27 bits per heavy atom. The molecule has 0 saturated heterocycles. The van der Waals surface area contributed by atoms with Crippen LogP contribution in [0.25, 0.3) is 0 Å². The van der Waals surface area contributed by atoms with E-state index in [0.717, 1.165) is 0 Å². The lowest BCUT2D eigenvalue weighted by Crippen LogP contribution is -2.14.